The number of carbonyl (C=O) groups excluding carboxylic acids is 1. The van der Waals surface area contributed by atoms with Crippen LogP contribution in [-0.2, 0) is 11.3 Å². The molecule has 0 saturated heterocycles. The lowest BCUT2D eigenvalue weighted by Gasteiger charge is -2.25. The maximum Gasteiger partial charge on any atom is 0.407 e. The van der Waals surface area contributed by atoms with E-state index in [2.05, 4.69) is 33.0 Å². The normalized spacial score (nSPS) is 11.4. The van der Waals surface area contributed by atoms with Crippen LogP contribution in [0.1, 0.15) is 46.1 Å². The molecule has 0 aliphatic heterocycles. The van der Waals surface area contributed by atoms with Crippen LogP contribution in [0.25, 0.3) is 0 Å². The molecule has 0 heterocycles. The van der Waals surface area contributed by atoms with E-state index in [1.807, 2.05) is 30.3 Å². The SMILES string of the molecule is CC(C)CCC(C)(C)CNC(=O)OCc1ccccc1. The van der Waals surface area contributed by atoms with Gasteiger partial charge in [0.15, 0.2) is 0 Å². The van der Waals surface area contributed by atoms with E-state index in [0.29, 0.717) is 19.1 Å². The molecule has 0 saturated carbocycles. The number of benzene rings is 1. The van der Waals surface area contributed by atoms with Gasteiger partial charge in [0.25, 0.3) is 0 Å². The number of amides is 1. The molecule has 0 aliphatic carbocycles. The topological polar surface area (TPSA) is 38.3 Å². The molecule has 0 radical (unpaired) electrons. The van der Waals surface area contributed by atoms with Crippen LogP contribution in [0.3, 0.4) is 0 Å². The van der Waals surface area contributed by atoms with Crippen LogP contribution < -0.4 is 5.32 Å². The van der Waals surface area contributed by atoms with Gasteiger partial charge in [0.1, 0.15) is 6.61 Å². The summed E-state index contributed by atoms with van der Waals surface area (Å²) in [6.07, 6.45) is 1.93. The maximum atomic E-state index is 11.7. The molecule has 1 aromatic carbocycles. The highest BCUT2D eigenvalue weighted by Crippen LogP contribution is 2.23. The number of hydrogen-bond donors (Lipinski definition) is 1. The Bertz CT molecular complexity index is 399. The third-order valence-electron chi connectivity index (χ3n) is 3.32. The molecule has 0 unspecified atom stereocenters. The van der Waals surface area contributed by atoms with Gasteiger partial charge in [-0.1, -0.05) is 64.4 Å². The molecule has 1 rings (SSSR count). The Kier molecular flexibility index (Phi) is 6.56. The first-order chi connectivity index (χ1) is 9.39. The van der Waals surface area contributed by atoms with Crippen LogP contribution in [0.4, 0.5) is 4.79 Å². The van der Waals surface area contributed by atoms with Gasteiger partial charge >= 0.3 is 6.09 Å². The lowest BCUT2D eigenvalue weighted by atomic mass is 9.85. The van der Waals surface area contributed by atoms with Crippen LogP contribution in [0, 0.1) is 11.3 Å². The fourth-order valence-corrected chi connectivity index (χ4v) is 1.85. The molecule has 3 heteroatoms. The first kappa shape index (κ1) is 16.5. The number of hydrogen-bond acceptors (Lipinski definition) is 2. The largest absolute Gasteiger partial charge is 0.445 e. The van der Waals surface area contributed by atoms with Crippen LogP contribution >= 0.6 is 0 Å². The second-order valence-corrected chi connectivity index (χ2v) is 6.51. The highest BCUT2D eigenvalue weighted by Gasteiger charge is 2.19. The zero-order valence-electron chi connectivity index (χ0n) is 13.1. The first-order valence-electron chi connectivity index (χ1n) is 7.33. The molecule has 1 amide bonds. The molecule has 0 aliphatic rings. The van der Waals surface area contributed by atoms with Gasteiger partial charge in [0, 0.05) is 6.54 Å². The molecule has 0 spiro atoms. The second-order valence-electron chi connectivity index (χ2n) is 6.51. The molecule has 0 atom stereocenters. The quantitative estimate of drug-likeness (QED) is 0.803. The van der Waals surface area contributed by atoms with E-state index in [0.717, 1.165) is 12.0 Å². The van der Waals surface area contributed by atoms with Gasteiger partial charge < -0.3 is 10.1 Å². The van der Waals surface area contributed by atoms with Crippen molar-refractivity contribution in [3.05, 3.63) is 35.9 Å². The van der Waals surface area contributed by atoms with E-state index in [9.17, 15) is 4.79 Å². The molecule has 20 heavy (non-hydrogen) atoms. The van der Waals surface area contributed by atoms with Crippen molar-refractivity contribution >= 4 is 6.09 Å². The lowest BCUT2D eigenvalue weighted by molar-refractivity contribution is 0.134. The van der Waals surface area contributed by atoms with Crippen molar-refractivity contribution in [2.75, 3.05) is 6.54 Å². The molecule has 1 N–H and O–H groups in total. The predicted molar refractivity (Wildman–Crippen MR) is 82.5 cm³/mol. The second kappa shape index (κ2) is 7.93. The summed E-state index contributed by atoms with van der Waals surface area (Å²) in [4.78, 5) is 11.7. The Morgan fingerprint density at radius 1 is 1.25 bits per heavy atom. The van der Waals surface area contributed by atoms with Gasteiger partial charge in [-0.05, 0) is 23.3 Å². The van der Waals surface area contributed by atoms with E-state index in [1.54, 1.807) is 0 Å². The standard InChI is InChI=1S/C17H27NO2/c1-14(2)10-11-17(3,4)13-18-16(19)20-12-15-8-6-5-7-9-15/h5-9,14H,10-13H2,1-4H3,(H,18,19). The summed E-state index contributed by atoms with van der Waals surface area (Å²) in [6.45, 7) is 9.75. The van der Waals surface area contributed by atoms with Crippen molar-refractivity contribution in [2.45, 2.75) is 47.1 Å². The Labute approximate surface area is 122 Å². The van der Waals surface area contributed by atoms with Crippen LogP contribution in [0.5, 0.6) is 0 Å². The smallest absolute Gasteiger partial charge is 0.407 e. The zero-order chi connectivity index (χ0) is 15.0. The van der Waals surface area contributed by atoms with Gasteiger partial charge in [-0.15, -0.1) is 0 Å². The van der Waals surface area contributed by atoms with Gasteiger partial charge in [0.05, 0.1) is 0 Å². The van der Waals surface area contributed by atoms with Crippen LogP contribution in [0.15, 0.2) is 30.3 Å². The Balaban J connectivity index is 2.25. The van der Waals surface area contributed by atoms with Crippen LogP contribution in [0.2, 0.25) is 0 Å². The van der Waals surface area contributed by atoms with Crippen molar-refractivity contribution < 1.29 is 9.53 Å². The molecule has 0 aromatic heterocycles. The van der Waals surface area contributed by atoms with Gasteiger partial charge in [-0.3, -0.25) is 0 Å². The Morgan fingerprint density at radius 2 is 1.90 bits per heavy atom. The lowest BCUT2D eigenvalue weighted by Crippen LogP contribution is -2.34. The monoisotopic (exact) mass is 277 g/mol. The summed E-state index contributed by atoms with van der Waals surface area (Å²) in [7, 11) is 0. The van der Waals surface area contributed by atoms with Gasteiger partial charge in [-0.25, -0.2) is 4.79 Å². The number of ether oxygens (including phenoxy) is 1. The van der Waals surface area contributed by atoms with E-state index < -0.39 is 0 Å². The summed E-state index contributed by atoms with van der Waals surface area (Å²) < 4.78 is 5.20. The summed E-state index contributed by atoms with van der Waals surface area (Å²) in [5, 5.41) is 2.86. The first-order valence-corrected chi connectivity index (χ1v) is 7.33. The molecular formula is C17H27NO2. The minimum Gasteiger partial charge on any atom is -0.445 e. The van der Waals surface area contributed by atoms with Gasteiger partial charge in [-0.2, -0.15) is 0 Å². The van der Waals surface area contributed by atoms with Crippen molar-refractivity contribution in [3.8, 4) is 0 Å². The molecule has 0 bridgehead atoms. The number of carbonyl (C=O) groups is 1. The Hall–Kier alpha value is -1.51. The molecular weight excluding hydrogens is 250 g/mol. The average molecular weight is 277 g/mol. The minimum atomic E-state index is -0.341. The predicted octanol–water partition coefficient (Wildman–Crippen LogP) is 4.38. The molecule has 1 aromatic rings. The van der Waals surface area contributed by atoms with Crippen molar-refractivity contribution in [1.82, 2.24) is 5.32 Å². The summed E-state index contributed by atoms with van der Waals surface area (Å²) >= 11 is 0. The molecule has 3 nitrogen and oxygen atoms in total. The molecule has 0 fully saturated rings. The third kappa shape index (κ3) is 7.17. The average Bonchev–Trinajstić information content (AvgIpc) is 2.42. The number of rotatable bonds is 7. The summed E-state index contributed by atoms with van der Waals surface area (Å²) in [5.74, 6) is 0.694. The van der Waals surface area contributed by atoms with Crippen molar-refractivity contribution in [3.63, 3.8) is 0 Å². The summed E-state index contributed by atoms with van der Waals surface area (Å²) in [5.41, 5.74) is 1.11. The maximum absolute atomic E-state index is 11.7. The Morgan fingerprint density at radius 3 is 2.50 bits per heavy atom. The highest BCUT2D eigenvalue weighted by molar-refractivity contribution is 5.67. The van der Waals surface area contributed by atoms with Crippen LogP contribution in [-0.4, -0.2) is 12.6 Å². The van der Waals surface area contributed by atoms with E-state index in [4.69, 9.17) is 4.74 Å². The van der Waals surface area contributed by atoms with E-state index >= 15 is 0 Å². The van der Waals surface area contributed by atoms with Crippen molar-refractivity contribution in [1.29, 1.82) is 0 Å². The fourth-order valence-electron chi connectivity index (χ4n) is 1.85. The number of nitrogens with one attached hydrogen (secondary N) is 1. The van der Waals surface area contributed by atoms with E-state index in [-0.39, 0.29) is 11.5 Å². The fraction of sp³-hybridized carbons (Fsp3) is 0.588. The third-order valence-corrected chi connectivity index (χ3v) is 3.32. The minimum absolute atomic E-state index is 0.107. The van der Waals surface area contributed by atoms with E-state index in [1.165, 1.54) is 6.42 Å². The highest BCUT2D eigenvalue weighted by atomic mass is 16.5. The van der Waals surface area contributed by atoms with Crippen molar-refractivity contribution in [2.24, 2.45) is 11.3 Å². The van der Waals surface area contributed by atoms with Gasteiger partial charge in [0.2, 0.25) is 0 Å². The zero-order valence-corrected chi connectivity index (χ0v) is 13.1. The molecule has 112 valence electrons. The number of alkyl carbamates (subject to hydrolysis) is 1. The summed E-state index contributed by atoms with van der Waals surface area (Å²) in [6, 6.07) is 9.71.